The SMILES string of the molecule is Cc1cc(Oc2cccc(C)c2F)c(C(=N)N)c(C)n1. The first-order chi connectivity index (χ1) is 9.40. The Morgan fingerprint density at radius 2 is 1.95 bits per heavy atom. The number of halogens is 1. The van der Waals surface area contributed by atoms with E-state index in [0.29, 0.717) is 22.6 Å². The van der Waals surface area contributed by atoms with Crippen LogP contribution in [0.15, 0.2) is 24.3 Å². The second kappa shape index (κ2) is 5.28. The molecule has 0 saturated carbocycles. The molecule has 104 valence electrons. The van der Waals surface area contributed by atoms with Crippen molar-refractivity contribution < 1.29 is 9.13 Å². The van der Waals surface area contributed by atoms with Gasteiger partial charge in [-0.15, -0.1) is 0 Å². The summed E-state index contributed by atoms with van der Waals surface area (Å²) in [5, 5.41) is 7.61. The Morgan fingerprint density at radius 1 is 1.25 bits per heavy atom. The summed E-state index contributed by atoms with van der Waals surface area (Å²) in [6.07, 6.45) is 0. The van der Waals surface area contributed by atoms with Crippen LogP contribution in [0.25, 0.3) is 0 Å². The summed E-state index contributed by atoms with van der Waals surface area (Å²) >= 11 is 0. The number of amidine groups is 1. The van der Waals surface area contributed by atoms with Crippen molar-refractivity contribution in [3.8, 4) is 11.5 Å². The normalized spacial score (nSPS) is 10.4. The predicted octanol–water partition coefficient (Wildman–Crippen LogP) is 3.22. The highest BCUT2D eigenvalue weighted by Crippen LogP contribution is 2.30. The predicted molar refractivity (Wildman–Crippen MR) is 75.9 cm³/mol. The van der Waals surface area contributed by atoms with Crippen LogP contribution in [0.4, 0.5) is 4.39 Å². The molecule has 0 amide bonds. The average Bonchev–Trinajstić information content (AvgIpc) is 2.33. The Balaban J connectivity index is 2.53. The minimum absolute atomic E-state index is 0.109. The summed E-state index contributed by atoms with van der Waals surface area (Å²) in [6.45, 7) is 5.21. The van der Waals surface area contributed by atoms with E-state index in [1.165, 1.54) is 6.07 Å². The molecule has 0 aliphatic heterocycles. The van der Waals surface area contributed by atoms with Crippen LogP contribution in [0.2, 0.25) is 0 Å². The highest BCUT2D eigenvalue weighted by molar-refractivity contribution is 5.98. The van der Waals surface area contributed by atoms with Gasteiger partial charge in [0.25, 0.3) is 0 Å². The van der Waals surface area contributed by atoms with Crippen molar-refractivity contribution in [1.82, 2.24) is 4.98 Å². The van der Waals surface area contributed by atoms with E-state index in [1.807, 2.05) is 0 Å². The van der Waals surface area contributed by atoms with E-state index >= 15 is 0 Å². The third-order valence-corrected chi connectivity index (χ3v) is 2.94. The topological polar surface area (TPSA) is 72.0 Å². The van der Waals surface area contributed by atoms with E-state index in [1.54, 1.807) is 39.0 Å². The van der Waals surface area contributed by atoms with Crippen LogP contribution in [-0.4, -0.2) is 10.8 Å². The smallest absolute Gasteiger partial charge is 0.168 e. The van der Waals surface area contributed by atoms with Crippen LogP contribution in [0, 0.1) is 32.0 Å². The van der Waals surface area contributed by atoms with E-state index in [9.17, 15) is 4.39 Å². The quantitative estimate of drug-likeness (QED) is 0.666. The molecule has 0 spiro atoms. The van der Waals surface area contributed by atoms with Gasteiger partial charge in [0.15, 0.2) is 11.6 Å². The van der Waals surface area contributed by atoms with Gasteiger partial charge in [0.05, 0.1) is 11.3 Å². The van der Waals surface area contributed by atoms with E-state index in [0.717, 1.165) is 5.69 Å². The summed E-state index contributed by atoms with van der Waals surface area (Å²) in [6, 6.07) is 6.56. The first-order valence-corrected chi connectivity index (χ1v) is 6.15. The lowest BCUT2D eigenvalue weighted by molar-refractivity contribution is 0.438. The third-order valence-electron chi connectivity index (χ3n) is 2.94. The number of nitrogens with zero attached hydrogens (tertiary/aromatic N) is 1. The van der Waals surface area contributed by atoms with Gasteiger partial charge in [-0.05, 0) is 32.4 Å². The van der Waals surface area contributed by atoms with Crippen LogP contribution in [0.3, 0.4) is 0 Å². The second-order valence-corrected chi connectivity index (χ2v) is 4.62. The van der Waals surface area contributed by atoms with Gasteiger partial charge in [-0.2, -0.15) is 0 Å². The van der Waals surface area contributed by atoms with Crippen molar-refractivity contribution in [3.05, 3.63) is 52.6 Å². The van der Waals surface area contributed by atoms with Gasteiger partial charge in [0.1, 0.15) is 11.6 Å². The lowest BCUT2D eigenvalue weighted by atomic mass is 10.1. The van der Waals surface area contributed by atoms with Gasteiger partial charge in [0.2, 0.25) is 0 Å². The molecule has 0 bridgehead atoms. The molecule has 20 heavy (non-hydrogen) atoms. The van der Waals surface area contributed by atoms with Crippen LogP contribution < -0.4 is 10.5 Å². The molecule has 2 aromatic rings. The maximum absolute atomic E-state index is 14.0. The Morgan fingerprint density at radius 3 is 2.60 bits per heavy atom. The molecule has 0 aliphatic carbocycles. The zero-order valence-corrected chi connectivity index (χ0v) is 11.6. The minimum atomic E-state index is -0.422. The number of hydrogen-bond donors (Lipinski definition) is 2. The highest BCUT2D eigenvalue weighted by Gasteiger charge is 2.15. The first kappa shape index (κ1) is 14.0. The molecule has 0 atom stereocenters. The molecule has 1 heterocycles. The van der Waals surface area contributed by atoms with Crippen molar-refractivity contribution in [2.45, 2.75) is 20.8 Å². The van der Waals surface area contributed by atoms with Gasteiger partial charge in [-0.3, -0.25) is 10.4 Å². The number of pyridine rings is 1. The molecule has 1 aromatic carbocycles. The number of benzene rings is 1. The molecule has 0 fully saturated rings. The van der Waals surface area contributed by atoms with Crippen LogP contribution >= 0.6 is 0 Å². The highest BCUT2D eigenvalue weighted by atomic mass is 19.1. The molecule has 0 radical (unpaired) electrons. The number of ether oxygens (including phenoxy) is 1. The van der Waals surface area contributed by atoms with Crippen molar-refractivity contribution in [2.75, 3.05) is 0 Å². The Labute approximate surface area is 116 Å². The maximum Gasteiger partial charge on any atom is 0.168 e. The number of aryl methyl sites for hydroxylation is 3. The Bertz CT molecular complexity index is 683. The fourth-order valence-corrected chi connectivity index (χ4v) is 2.02. The molecule has 4 nitrogen and oxygen atoms in total. The summed E-state index contributed by atoms with van der Waals surface area (Å²) < 4.78 is 19.6. The monoisotopic (exact) mass is 273 g/mol. The number of rotatable bonds is 3. The first-order valence-electron chi connectivity index (χ1n) is 6.15. The molecule has 0 saturated heterocycles. The molecular formula is C15H16FN3O. The zero-order valence-electron chi connectivity index (χ0n) is 11.6. The van der Waals surface area contributed by atoms with Crippen molar-refractivity contribution in [1.29, 1.82) is 5.41 Å². The maximum atomic E-state index is 14.0. The molecule has 5 heteroatoms. The van der Waals surface area contributed by atoms with Gasteiger partial charge in [-0.1, -0.05) is 12.1 Å². The largest absolute Gasteiger partial charge is 0.453 e. The van der Waals surface area contributed by atoms with Gasteiger partial charge >= 0.3 is 0 Å². The fourth-order valence-electron chi connectivity index (χ4n) is 2.02. The van der Waals surface area contributed by atoms with Gasteiger partial charge in [-0.25, -0.2) is 4.39 Å². The molecule has 2 rings (SSSR count). The van der Waals surface area contributed by atoms with E-state index in [2.05, 4.69) is 4.98 Å². The molecular weight excluding hydrogens is 257 g/mol. The van der Waals surface area contributed by atoms with Crippen LogP contribution in [0.1, 0.15) is 22.5 Å². The standard InChI is InChI=1S/C15H16FN3O/c1-8-5-4-6-11(14(8)16)20-12-7-9(2)19-10(3)13(12)15(17)18/h4-7H,1-3H3,(H3,17,18). The second-order valence-electron chi connectivity index (χ2n) is 4.62. The van der Waals surface area contributed by atoms with E-state index in [4.69, 9.17) is 15.9 Å². The average molecular weight is 273 g/mol. The third kappa shape index (κ3) is 2.61. The van der Waals surface area contributed by atoms with E-state index < -0.39 is 5.82 Å². The fraction of sp³-hybridized carbons (Fsp3) is 0.200. The van der Waals surface area contributed by atoms with Gasteiger partial charge < -0.3 is 10.5 Å². The summed E-state index contributed by atoms with van der Waals surface area (Å²) in [7, 11) is 0. The summed E-state index contributed by atoms with van der Waals surface area (Å²) in [5.74, 6) is -0.128. The van der Waals surface area contributed by atoms with Crippen LogP contribution in [-0.2, 0) is 0 Å². The molecule has 3 N–H and O–H groups in total. The van der Waals surface area contributed by atoms with Gasteiger partial charge in [0, 0.05) is 11.8 Å². The minimum Gasteiger partial charge on any atom is -0.453 e. The molecule has 1 aromatic heterocycles. The van der Waals surface area contributed by atoms with Crippen molar-refractivity contribution in [2.24, 2.45) is 5.73 Å². The lowest BCUT2D eigenvalue weighted by Crippen LogP contribution is -2.15. The van der Waals surface area contributed by atoms with Crippen molar-refractivity contribution >= 4 is 5.84 Å². The molecule has 0 aliphatic rings. The van der Waals surface area contributed by atoms with E-state index in [-0.39, 0.29) is 11.6 Å². The Kier molecular flexibility index (Phi) is 3.70. The van der Waals surface area contributed by atoms with Crippen molar-refractivity contribution in [3.63, 3.8) is 0 Å². The summed E-state index contributed by atoms with van der Waals surface area (Å²) in [4.78, 5) is 4.24. The number of aromatic nitrogens is 1. The molecule has 0 unspecified atom stereocenters. The Hall–Kier alpha value is -2.43. The zero-order chi connectivity index (χ0) is 14.9. The lowest BCUT2D eigenvalue weighted by Gasteiger charge is -2.14. The number of nitrogens with one attached hydrogen (secondary N) is 1. The summed E-state index contributed by atoms with van der Waals surface area (Å²) in [5.41, 5.74) is 7.74. The number of nitrogens with two attached hydrogens (primary N) is 1. The number of hydrogen-bond acceptors (Lipinski definition) is 3. The van der Waals surface area contributed by atoms with Crippen LogP contribution in [0.5, 0.6) is 11.5 Å². The number of nitrogen functional groups attached to an aromatic ring is 1.